The van der Waals surface area contributed by atoms with Gasteiger partial charge in [0.25, 0.3) is 0 Å². The maximum Gasteiger partial charge on any atom is 0.129 e. The van der Waals surface area contributed by atoms with Crippen molar-refractivity contribution < 1.29 is 9.50 Å². The fourth-order valence-electron chi connectivity index (χ4n) is 5.72. The van der Waals surface area contributed by atoms with E-state index >= 15 is 0 Å². The van der Waals surface area contributed by atoms with Gasteiger partial charge in [-0.3, -0.25) is 4.90 Å². The van der Waals surface area contributed by atoms with Crippen LogP contribution in [0.2, 0.25) is 0 Å². The Morgan fingerprint density at radius 3 is 2.31 bits per heavy atom. The van der Waals surface area contributed by atoms with Crippen molar-refractivity contribution in [2.24, 2.45) is 5.41 Å². The Labute approximate surface area is 157 Å². The van der Waals surface area contributed by atoms with Gasteiger partial charge in [0, 0.05) is 30.7 Å². The Balaban J connectivity index is 1.46. The van der Waals surface area contributed by atoms with Crippen LogP contribution in [0.3, 0.4) is 0 Å². The van der Waals surface area contributed by atoms with Crippen molar-refractivity contribution in [1.82, 2.24) is 9.80 Å². The van der Waals surface area contributed by atoms with Crippen molar-refractivity contribution >= 4 is 0 Å². The van der Waals surface area contributed by atoms with E-state index in [0.29, 0.717) is 30.5 Å². The highest BCUT2D eigenvalue weighted by atomic mass is 19.1. The average Bonchev–Trinajstić information content (AvgIpc) is 3.14. The van der Waals surface area contributed by atoms with E-state index in [2.05, 4.69) is 23.6 Å². The summed E-state index contributed by atoms with van der Waals surface area (Å²) in [4.78, 5) is 5.23. The molecule has 1 N–H and O–H groups in total. The lowest BCUT2D eigenvalue weighted by Gasteiger charge is -2.47. The molecule has 3 nitrogen and oxygen atoms in total. The second kappa shape index (κ2) is 6.88. The van der Waals surface area contributed by atoms with Crippen LogP contribution < -0.4 is 0 Å². The van der Waals surface area contributed by atoms with Crippen molar-refractivity contribution in [1.29, 1.82) is 0 Å². The second-order valence-corrected chi connectivity index (χ2v) is 9.62. The van der Waals surface area contributed by atoms with E-state index < -0.39 is 5.60 Å². The molecule has 3 aliphatic rings. The molecule has 2 bridgehead atoms. The van der Waals surface area contributed by atoms with Gasteiger partial charge >= 0.3 is 0 Å². The normalized spacial score (nSPS) is 33.1. The van der Waals surface area contributed by atoms with Crippen LogP contribution in [0.25, 0.3) is 0 Å². The predicted molar refractivity (Wildman–Crippen MR) is 103 cm³/mol. The first kappa shape index (κ1) is 18.4. The minimum Gasteiger partial charge on any atom is -0.385 e. The molecule has 0 amide bonds. The first-order chi connectivity index (χ1) is 12.4. The van der Waals surface area contributed by atoms with Gasteiger partial charge < -0.3 is 10.0 Å². The van der Waals surface area contributed by atoms with E-state index in [1.807, 2.05) is 6.07 Å². The van der Waals surface area contributed by atoms with Gasteiger partial charge in [-0.1, -0.05) is 32.0 Å². The van der Waals surface area contributed by atoms with E-state index in [-0.39, 0.29) is 11.2 Å². The number of piperidine rings is 1. The zero-order valence-electron chi connectivity index (χ0n) is 16.3. The van der Waals surface area contributed by atoms with Crippen molar-refractivity contribution in [3.8, 4) is 0 Å². The van der Waals surface area contributed by atoms with Gasteiger partial charge in [0.1, 0.15) is 5.82 Å². The molecule has 144 valence electrons. The Morgan fingerprint density at radius 1 is 1.08 bits per heavy atom. The third-order valence-corrected chi connectivity index (χ3v) is 6.75. The Kier molecular flexibility index (Phi) is 4.87. The molecule has 4 heteroatoms. The summed E-state index contributed by atoms with van der Waals surface area (Å²) < 4.78 is 14.3. The third kappa shape index (κ3) is 3.56. The molecular formula is C22H33FN2O. The number of likely N-dealkylation sites (tertiary alicyclic amines) is 1. The number of rotatable bonds is 5. The number of fused-ring (bicyclic) bond motifs is 2. The monoisotopic (exact) mass is 360 g/mol. The van der Waals surface area contributed by atoms with Crippen LogP contribution in [-0.4, -0.2) is 53.2 Å². The van der Waals surface area contributed by atoms with Crippen LogP contribution >= 0.6 is 0 Å². The van der Waals surface area contributed by atoms with Gasteiger partial charge in [0.2, 0.25) is 0 Å². The minimum absolute atomic E-state index is 0.249. The highest BCUT2D eigenvalue weighted by molar-refractivity contribution is 5.26. The van der Waals surface area contributed by atoms with Crippen LogP contribution in [0.4, 0.5) is 4.39 Å². The lowest BCUT2D eigenvalue weighted by molar-refractivity contribution is -0.0685. The highest BCUT2D eigenvalue weighted by Gasteiger charge is 2.50. The molecule has 0 radical (unpaired) electrons. The minimum atomic E-state index is -1.01. The van der Waals surface area contributed by atoms with Crippen molar-refractivity contribution in [2.45, 2.75) is 70.1 Å². The molecule has 2 atom stereocenters. The molecule has 26 heavy (non-hydrogen) atoms. The maximum atomic E-state index is 14.3. The predicted octanol–water partition coefficient (Wildman–Crippen LogP) is 3.76. The largest absolute Gasteiger partial charge is 0.385 e. The zero-order valence-corrected chi connectivity index (χ0v) is 16.3. The fraction of sp³-hybridized carbons (Fsp3) is 0.727. The molecule has 3 aliphatic heterocycles. The molecule has 4 rings (SSSR count). The summed E-state index contributed by atoms with van der Waals surface area (Å²) >= 11 is 0. The number of hydrogen-bond donors (Lipinski definition) is 1. The Hall–Kier alpha value is -0.970. The standard InChI is InChI=1S/C22H33FN2O/c1-21(2,15-24-11-5-6-12-24)16-25-17-9-10-18(25)14-22(26,13-17)19-7-3-4-8-20(19)23/h3-4,7-8,17-18,26H,5-6,9-16H2,1-2H3/t17-,18-/m0/s1. The summed E-state index contributed by atoms with van der Waals surface area (Å²) in [6, 6.07) is 7.52. The van der Waals surface area contributed by atoms with E-state index in [9.17, 15) is 9.50 Å². The quantitative estimate of drug-likeness (QED) is 0.866. The van der Waals surface area contributed by atoms with E-state index in [0.717, 1.165) is 25.9 Å². The van der Waals surface area contributed by atoms with Crippen LogP contribution in [0, 0.1) is 11.2 Å². The number of aliphatic hydroxyl groups is 1. The zero-order chi connectivity index (χ0) is 18.4. The van der Waals surface area contributed by atoms with Gasteiger partial charge in [0.15, 0.2) is 0 Å². The molecule has 3 fully saturated rings. The van der Waals surface area contributed by atoms with Crippen molar-refractivity contribution in [3.05, 3.63) is 35.6 Å². The SMILES string of the molecule is CC(C)(CN1CCCC1)CN1[C@H]2CC[C@H]1CC(O)(c1ccccc1F)C2. The van der Waals surface area contributed by atoms with Crippen LogP contribution in [0.15, 0.2) is 24.3 Å². The average molecular weight is 361 g/mol. The Bertz CT molecular complexity index is 627. The third-order valence-electron chi connectivity index (χ3n) is 6.75. The molecule has 1 aromatic carbocycles. The van der Waals surface area contributed by atoms with Crippen molar-refractivity contribution in [2.75, 3.05) is 26.2 Å². The lowest BCUT2D eigenvalue weighted by Crippen LogP contribution is -2.53. The smallest absolute Gasteiger partial charge is 0.129 e. The molecule has 0 spiro atoms. The highest BCUT2D eigenvalue weighted by Crippen LogP contribution is 2.47. The Morgan fingerprint density at radius 2 is 1.69 bits per heavy atom. The van der Waals surface area contributed by atoms with Gasteiger partial charge in [-0.25, -0.2) is 4.39 Å². The summed E-state index contributed by atoms with van der Waals surface area (Å²) in [5.74, 6) is -0.266. The summed E-state index contributed by atoms with van der Waals surface area (Å²) in [5.41, 5.74) is -0.265. The molecule has 0 aliphatic carbocycles. The van der Waals surface area contributed by atoms with Crippen LogP contribution in [-0.2, 0) is 5.60 Å². The topological polar surface area (TPSA) is 26.7 Å². The van der Waals surface area contributed by atoms with Gasteiger partial charge in [-0.2, -0.15) is 0 Å². The number of nitrogens with zero attached hydrogens (tertiary/aromatic N) is 2. The summed E-state index contributed by atoms with van der Waals surface area (Å²) in [7, 11) is 0. The fourth-order valence-corrected chi connectivity index (χ4v) is 5.72. The first-order valence-corrected chi connectivity index (χ1v) is 10.3. The van der Waals surface area contributed by atoms with Crippen LogP contribution in [0.1, 0.15) is 57.9 Å². The molecule has 3 heterocycles. The van der Waals surface area contributed by atoms with E-state index in [4.69, 9.17) is 0 Å². The molecular weight excluding hydrogens is 327 g/mol. The summed E-state index contributed by atoms with van der Waals surface area (Å²) in [6.45, 7) is 9.46. The molecule has 0 aromatic heterocycles. The number of benzene rings is 1. The number of halogens is 1. The first-order valence-electron chi connectivity index (χ1n) is 10.3. The lowest BCUT2D eigenvalue weighted by atomic mass is 9.79. The van der Waals surface area contributed by atoms with E-state index in [1.54, 1.807) is 12.1 Å². The van der Waals surface area contributed by atoms with Gasteiger partial charge in [0.05, 0.1) is 5.60 Å². The van der Waals surface area contributed by atoms with Gasteiger partial charge in [-0.05, 0) is 63.1 Å². The maximum absolute atomic E-state index is 14.3. The van der Waals surface area contributed by atoms with Crippen molar-refractivity contribution in [3.63, 3.8) is 0 Å². The molecule has 3 saturated heterocycles. The molecule has 0 unspecified atom stereocenters. The van der Waals surface area contributed by atoms with Gasteiger partial charge in [-0.15, -0.1) is 0 Å². The summed E-state index contributed by atoms with van der Waals surface area (Å²) in [6.07, 6.45) is 6.23. The molecule has 0 saturated carbocycles. The van der Waals surface area contributed by atoms with Crippen LogP contribution in [0.5, 0.6) is 0 Å². The van der Waals surface area contributed by atoms with E-state index in [1.165, 1.54) is 32.0 Å². The summed E-state index contributed by atoms with van der Waals surface area (Å²) in [5, 5.41) is 11.3. The second-order valence-electron chi connectivity index (χ2n) is 9.62. The number of hydrogen-bond acceptors (Lipinski definition) is 3. The molecule has 1 aromatic rings.